The highest BCUT2D eigenvalue weighted by molar-refractivity contribution is 7.93. The quantitative estimate of drug-likeness (QED) is 0.616. The van der Waals surface area contributed by atoms with E-state index in [1.807, 2.05) is 0 Å². The lowest BCUT2D eigenvalue weighted by atomic mass is 10.1. The Labute approximate surface area is 142 Å². The van der Waals surface area contributed by atoms with E-state index in [-0.39, 0.29) is 16.9 Å². The largest absolute Gasteiger partial charge is 0.289 e. The first kappa shape index (κ1) is 17.0. The Balaban J connectivity index is 2.14. The summed E-state index contributed by atoms with van der Waals surface area (Å²) < 4.78 is 38.6. The molecule has 0 spiro atoms. The van der Waals surface area contributed by atoms with Gasteiger partial charge in [0.15, 0.2) is 15.2 Å². The van der Waals surface area contributed by atoms with Crippen molar-refractivity contribution in [2.45, 2.75) is 12.3 Å². The van der Waals surface area contributed by atoms with Gasteiger partial charge in [-0.15, -0.1) is 0 Å². The third kappa shape index (κ3) is 2.98. The lowest BCUT2D eigenvalue weighted by Crippen LogP contribution is -2.29. The van der Waals surface area contributed by atoms with E-state index in [1.165, 1.54) is 36.4 Å². The summed E-state index contributed by atoms with van der Waals surface area (Å²) in [6, 6.07) is 8.70. The van der Waals surface area contributed by atoms with Crippen LogP contribution in [0.5, 0.6) is 0 Å². The minimum atomic E-state index is -3.87. The van der Waals surface area contributed by atoms with Crippen molar-refractivity contribution in [1.82, 2.24) is 0 Å². The fraction of sp³-hybridized carbons (Fsp3) is 0.188. The minimum absolute atomic E-state index is 0.162. The van der Waals surface area contributed by atoms with Crippen LogP contribution in [0.1, 0.15) is 16.5 Å². The maximum atomic E-state index is 13.6. The van der Waals surface area contributed by atoms with Crippen LogP contribution in [0.2, 0.25) is 0 Å². The van der Waals surface area contributed by atoms with Gasteiger partial charge in [-0.2, -0.15) is 0 Å². The molecule has 1 aliphatic rings. The molecule has 0 bridgehead atoms. The topological polar surface area (TPSA) is 97.6 Å². The molecule has 7 nitrogen and oxygen atoms in total. The van der Waals surface area contributed by atoms with E-state index in [9.17, 15) is 27.7 Å². The first-order valence-electron chi connectivity index (χ1n) is 7.25. The third-order valence-corrected chi connectivity index (χ3v) is 5.80. The van der Waals surface area contributed by atoms with Gasteiger partial charge in [-0.3, -0.25) is 19.8 Å². The number of rotatable bonds is 3. The molecular weight excluding hydrogens is 351 g/mol. The van der Waals surface area contributed by atoms with Gasteiger partial charge in [0.2, 0.25) is 5.91 Å². The Morgan fingerprint density at radius 1 is 1.20 bits per heavy atom. The molecule has 9 heteroatoms. The summed E-state index contributed by atoms with van der Waals surface area (Å²) in [5.74, 6) is -1.97. The Hall–Kier alpha value is -2.81. The van der Waals surface area contributed by atoms with Gasteiger partial charge in [0.25, 0.3) is 5.69 Å². The molecule has 1 aliphatic heterocycles. The van der Waals surface area contributed by atoms with Crippen LogP contribution in [0.25, 0.3) is 0 Å². The summed E-state index contributed by atoms with van der Waals surface area (Å²) in [5, 5.41) is 9.42. The fourth-order valence-electron chi connectivity index (χ4n) is 2.83. The number of nitro benzene ring substituents is 1. The second kappa shape index (κ2) is 5.92. The summed E-state index contributed by atoms with van der Waals surface area (Å²) in [6.45, 7) is 1.64. The molecule has 0 aromatic heterocycles. The van der Waals surface area contributed by atoms with Crippen molar-refractivity contribution in [2.24, 2.45) is 0 Å². The van der Waals surface area contributed by atoms with Gasteiger partial charge >= 0.3 is 0 Å². The lowest BCUT2D eigenvalue weighted by Gasteiger charge is -2.25. The van der Waals surface area contributed by atoms with Gasteiger partial charge in [0, 0.05) is 12.1 Å². The summed E-state index contributed by atoms with van der Waals surface area (Å²) >= 11 is 0. The normalized spacial score (nSPS) is 19.2. The summed E-state index contributed by atoms with van der Waals surface area (Å²) in [7, 11) is -3.87. The van der Waals surface area contributed by atoms with Crippen molar-refractivity contribution in [3.8, 4) is 0 Å². The number of benzene rings is 2. The van der Waals surface area contributed by atoms with E-state index in [0.717, 1.165) is 11.0 Å². The van der Waals surface area contributed by atoms with E-state index in [4.69, 9.17) is 0 Å². The molecule has 1 atom stereocenters. The number of carbonyl (C=O) groups is 1. The number of hydrogen-bond acceptors (Lipinski definition) is 5. The Kier molecular flexibility index (Phi) is 4.03. The van der Waals surface area contributed by atoms with Crippen molar-refractivity contribution >= 4 is 27.1 Å². The molecule has 130 valence electrons. The van der Waals surface area contributed by atoms with Crippen molar-refractivity contribution in [2.75, 3.05) is 10.7 Å². The monoisotopic (exact) mass is 364 g/mol. The van der Waals surface area contributed by atoms with Crippen LogP contribution in [0.3, 0.4) is 0 Å². The molecule has 0 N–H and O–H groups in total. The summed E-state index contributed by atoms with van der Waals surface area (Å²) in [4.78, 5) is 23.5. The number of sulfone groups is 1. The van der Waals surface area contributed by atoms with Gasteiger partial charge in [-0.05, 0) is 42.3 Å². The van der Waals surface area contributed by atoms with Crippen LogP contribution >= 0.6 is 0 Å². The molecule has 1 heterocycles. The Morgan fingerprint density at radius 2 is 1.84 bits per heavy atom. The molecule has 1 saturated heterocycles. The van der Waals surface area contributed by atoms with Gasteiger partial charge in [0.1, 0.15) is 11.6 Å². The highest BCUT2D eigenvalue weighted by atomic mass is 32.2. The Morgan fingerprint density at radius 3 is 2.44 bits per heavy atom. The average Bonchev–Trinajstić information content (AvgIpc) is 2.78. The summed E-state index contributed by atoms with van der Waals surface area (Å²) in [5.41, 5.74) is 0.715. The maximum absolute atomic E-state index is 13.6. The molecule has 1 amide bonds. The van der Waals surface area contributed by atoms with Crippen molar-refractivity contribution in [1.29, 1.82) is 0 Å². The molecule has 0 aliphatic carbocycles. The van der Waals surface area contributed by atoms with Crippen molar-refractivity contribution in [3.05, 3.63) is 69.5 Å². The minimum Gasteiger partial charge on any atom is -0.289 e. The number of non-ortho nitro benzene ring substituents is 1. The van der Waals surface area contributed by atoms with Gasteiger partial charge in [0.05, 0.1) is 10.6 Å². The Bertz CT molecular complexity index is 973. The van der Waals surface area contributed by atoms with E-state index in [1.54, 1.807) is 6.92 Å². The molecule has 2 aromatic rings. The molecule has 2 aromatic carbocycles. The standard InChI is InChI=1S/C16H13FN2O5S/c1-10-2-5-12(17)8-14(10)18-15(20)9-25(23,24)16(18)11-3-6-13(7-4-11)19(21)22/h2-8,16H,9H2,1H3. The zero-order valence-electron chi connectivity index (χ0n) is 13.0. The molecular formula is C16H13FN2O5S. The van der Waals surface area contributed by atoms with Crippen LogP contribution in [-0.4, -0.2) is 25.0 Å². The number of nitrogens with zero attached hydrogens (tertiary/aromatic N) is 2. The predicted molar refractivity (Wildman–Crippen MR) is 88.2 cm³/mol. The second-order valence-corrected chi connectivity index (χ2v) is 7.76. The van der Waals surface area contributed by atoms with Crippen LogP contribution in [0.4, 0.5) is 15.8 Å². The highest BCUT2D eigenvalue weighted by Gasteiger charge is 2.46. The van der Waals surface area contributed by atoms with E-state index in [2.05, 4.69) is 0 Å². The van der Waals surface area contributed by atoms with E-state index in [0.29, 0.717) is 5.56 Å². The smallest absolute Gasteiger partial charge is 0.269 e. The predicted octanol–water partition coefficient (Wildman–Crippen LogP) is 2.50. The van der Waals surface area contributed by atoms with E-state index < -0.39 is 37.6 Å². The second-order valence-electron chi connectivity index (χ2n) is 5.70. The SMILES string of the molecule is Cc1ccc(F)cc1N1C(=O)CS(=O)(=O)C1c1ccc([N+](=O)[O-])cc1. The number of nitro groups is 1. The van der Waals surface area contributed by atoms with Gasteiger partial charge in [-0.1, -0.05) is 6.07 Å². The van der Waals surface area contributed by atoms with E-state index >= 15 is 0 Å². The van der Waals surface area contributed by atoms with Gasteiger partial charge < -0.3 is 0 Å². The molecule has 0 radical (unpaired) electrons. The molecule has 25 heavy (non-hydrogen) atoms. The molecule has 1 unspecified atom stereocenters. The maximum Gasteiger partial charge on any atom is 0.269 e. The lowest BCUT2D eigenvalue weighted by molar-refractivity contribution is -0.384. The van der Waals surface area contributed by atoms with Gasteiger partial charge in [-0.25, -0.2) is 12.8 Å². The van der Waals surface area contributed by atoms with Crippen molar-refractivity contribution < 1.29 is 22.5 Å². The van der Waals surface area contributed by atoms with Crippen LogP contribution in [0, 0.1) is 22.9 Å². The molecule has 1 fully saturated rings. The van der Waals surface area contributed by atoms with Crippen molar-refractivity contribution in [3.63, 3.8) is 0 Å². The highest BCUT2D eigenvalue weighted by Crippen LogP contribution is 2.39. The first-order valence-corrected chi connectivity index (χ1v) is 8.96. The number of halogens is 1. The van der Waals surface area contributed by atoms with Crippen LogP contribution < -0.4 is 4.90 Å². The zero-order valence-corrected chi connectivity index (χ0v) is 13.9. The third-order valence-electron chi connectivity index (χ3n) is 3.99. The number of carbonyl (C=O) groups excluding carboxylic acids is 1. The average molecular weight is 364 g/mol. The molecule has 3 rings (SSSR count). The number of hydrogen-bond donors (Lipinski definition) is 0. The summed E-state index contributed by atoms with van der Waals surface area (Å²) in [6.07, 6.45) is 0. The molecule has 0 saturated carbocycles. The van der Waals surface area contributed by atoms with Crippen LogP contribution in [-0.2, 0) is 14.6 Å². The number of anilines is 1. The van der Waals surface area contributed by atoms with Crippen LogP contribution in [0.15, 0.2) is 42.5 Å². The number of aryl methyl sites for hydroxylation is 1. The zero-order chi connectivity index (χ0) is 18.4. The fourth-order valence-corrected chi connectivity index (χ4v) is 4.60. The number of amides is 1. The first-order chi connectivity index (χ1) is 11.7.